The van der Waals surface area contributed by atoms with Crippen molar-refractivity contribution in [2.45, 2.75) is 12.5 Å². The number of hydrogen-bond acceptors (Lipinski definition) is 5. The summed E-state index contributed by atoms with van der Waals surface area (Å²) in [4.78, 5) is 27.6. The number of carboxylic acids is 2. The fourth-order valence-corrected chi connectivity index (χ4v) is 3.03. The van der Waals surface area contributed by atoms with Crippen molar-refractivity contribution in [3.05, 3.63) is 64.1 Å². The molecule has 0 fully saturated rings. The molecule has 8 heteroatoms. The third kappa shape index (κ3) is 4.35. The van der Waals surface area contributed by atoms with Gasteiger partial charge in [0.1, 0.15) is 23.2 Å². The van der Waals surface area contributed by atoms with Crippen LogP contribution in [0.3, 0.4) is 0 Å². The van der Waals surface area contributed by atoms with E-state index in [1.807, 2.05) is 0 Å². The van der Waals surface area contributed by atoms with Gasteiger partial charge in [0.15, 0.2) is 0 Å². The molecule has 0 spiro atoms. The monoisotopic (exact) mass is 430 g/mol. The lowest BCUT2D eigenvalue weighted by atomic mass is 10.1. The summed E-state index contributed by atoms with van der Waals surface area (Å²) in [6, 6.07) is 11.7. The zero-order chi connectivity index (χ0) is 19.6. The van der Waals surface area contributed by atoms with Crippen LogP contribution in [0.25, 0.3) is 10.9 Å². The van der Waals surface area contributed by atoms with Crippen LogP contribution in [-0.4, -0.2) is 38.3 Å². The molecule has 0 aliphatic carbocycles. The van der Waals surface area contributed by atoms with E-state index in [1.165, 1.54) is 18.2 Å². The number of nitrogens with one attached hydrogen (secondary N) is 1. The summed E-state index contributed by atoms with van der Waals surface area (Å²) in [5, 5.41) is 31.7. The number of halogens is 1. The van der Waals surface area contributed by atoms with E-state index < -0.39 is 18.0 Å². The van der Waals surface area contributed by atoms with Gasteiger partial charge >= 0.3 is 11.9 Å². The number of phenols is 1. The maximum atomic E-state index is 11.7. The van der Waals surface area contributed by atoms with Crippen LogP contribution in [0.15, 0.2) is 53.0 Å². The predicted octanol–water partition coefficient (Wildman–Crippen LogP) is 3.51. The number of aromatic carboxylic acids is 1. The molecule has 27 heavy (non-hydrogen) atoms. The SMILES string of the molecule is O=C(O)c1cc2cc(Br)ccc2nc1NC(Cc1ccc(O)cc1)C(=O)O. The van der Waals surface area contributed by atoms with Crippen LogP contribution in [0.1, 0.15) is 15.9 Å². The van der Waals surface area contributed by atoms with Crippen LogP contribution in [0.4, 0.5) is 5.82 Å². The minimum absolute atomic E-state index is 0.0106. The molecule has 3 aromatic rings. The smallest absolute Gasteiger partial charge is 0.339 e. The maximum absolute atomic E-state index is 11.7. The number of phenolic OH excluding ortho intramolecular Hbond substituents is 1. The number of aliphatic carboxylic acids is 1. The highest BCUT2D eigenvalue weighted by Crippen LogP contribution is 2.25. The Hall–Kier alpha value is -3.13. The lowest BCUT2D eigenvalue weighted by Crippen LogP contribution is -2.32. The first-order valence-corrected chi connectivity index (χ1v) is 8.73. The van der Waals surface area contributed by atoms with Crippen LogP contribution in [0.5, 0.6) is 5.75 Å². The number of nitrogens with zero attached hydrogens (tertiary/aromatic N) is 1. The number of hydrogen-bond donors (Lipinski definition) is 4. The van der Waals surface area contributed by atoms with Crippen LogP contribution < -0.4 is 5.32 Å². The fraction of sp³-hybridized carbons (Fsp3) is 0.105. The summed E-state index contributed by atoms with van der Waals surface area (Å²) in [5.74, 6) is -2.28. The quantitative estimate of drug-likeness (QED) is 0.472. The Bertz CT molecular complexity index is 1020. The van der Waals surface area contributed by atoms with Crippen molar-refractivity contribution < 1.29 is 24.9 Å². The predicted molar refractivity (Wildman–Crippen MR) is 103 cm³/mol. The molecular weight excluding hydrogens is 416 g/mol. The number of anilines is 1. The average molecular weight is 431 g/mol. The molecule has 138 valence electrons. The van der Waals surface area contributed by atoms with E-state index >= 15 is 0 Å². The molecule has 3 rings (SSSR count). The molecule has 0 saturated heterocycles. The van der Waals surface area contributed by atoms with Crippen LogP contribution >= 0.6 is 15.9 Å². The highest BCUT2D eigenvalue weighted by molar-refractivity contribution is 9.10. The number of aromatic hydroxyl groups is 1. The second kappa shape index (κ2) is 7.63. The molecule has 0 amide bonds. The van der Waals surface area contributed by atoms with Gasteiger partial charge in [-0.3, -0.25) is 0 Å². The van der Waals surface area contributed by atoms with E-state index in [9.17, 15) is 24.9 Å². The van der Waals surface area contributed by atoms with Crippen molar-refractivity contribution >= 4 is 44.6 Å². The van der Waals surface area contributed by atoms with E-state index in [1.54, 1.807) is 30.3 Å². The lowest BCUT2D eigenvalue weighted by Gasteiger charge is -2.17. The van der Waals surface area contributed by atoms with E-state index in [-0.39, 0.29) is 23.6 Å². The van der Waals surface area contributed by atoms with Crippen molar-refractivity contribution in [3.63, 3.8) is 0 Å². The van der Waals surface area contributed by atoms with Crippen molar-refractivity contribution in [1.29, 1.82) is 0 Å². The molecule has 4 N–H and O–H groups in total. The highest BCUT2D eigenvalue weighted by Gasteiger charge is 2.22. The number of rotatable bonds is 6. The molecule has 0 aliphatic rings. The third-order valence-corrected chi connectivity index (χ3v) is 4.49. The van der Waals surface area contributed by atoms with Crippen molar-refractivity contribution in [3.8, 4) is 5.75 Å². The first-order valence-electron chi connectivity index (χ1n) is 7.94. The van der Waals surface area contributed by atoms with Crippen LogP contribution in [0, 0.1) is 0 Å². The summed E-state index contributed by atoms with van der Waals surface area (Å²) < 4.78 is 0.782. The van der Waals surface area contributed by atoms with Crippen molar-refractivity contribution in [1.82, 2.24) is 4.98 Å². The molecule has 0 bridgehead atoms. The van der Waals surface area contributed by atoms with Crippen LogP contribution in [0.2, 0.25) is 0 Å². The number of fused-ring (bicyclic) bond motifs is 1. The molecule has 2 aromatic carbocycles. The Morgan fingerprint density at radius 2 is 1.78 bits per heavy atom. The molecule has 0 aliphatic heterocycles. The molecular formula is C19H15BrN2O5. The summed E-state index contributed by atoms with van der Waals surface area (Å²) in [7, 11) is 0. The van der Waals surface area contributed by atoms with Crippen molar-refractivity contribution in [2.24, 2.45) is 0 Å². The zero-order valence-electron chi connectivity index (χ0n) is 13.9. The Balaban J connectivity index is 1.97. The van der Waals surface area contributed by atoms with Gasteiger partial charge in [0.05, 0.1) is 5.52 Å². The van der Waals surface area contributed by atoms with E-state index in [4.69, 9.17) is 0 Å². The van der Waals surface area contributed by atoms with Gasteiger partial charge in [0.2, 0.25) is 0 Å². The van der Waals surface area contributed by atoms with E-state index in [0.717, 1.165) is 4.47 Å². The fourth-order valence-electron chi connectivity index (χ4n) is 2.65. The lowest BCUT2D eigenvalue weighted by molar-refractivity contribution is -0.137. The minimum atomic E-state index is -1.21. The number of aromatic nitrogens is 1. The topological polar surface area (TPSA) is 120 Å². The first kappa shape index (κ1) is 18.7. The summed E-state index contributed by atoms with van der Waals surface area (Å²) in [5.41, 5.74) is 1.10. The standard InChI is InChI=1S/C19H15BrN2O5/c20-12-3-6-15-11(8-12)9-14(18(24)25)17(21-15)22-16(19(26)27)7-10-1-4-13(23)5-2-10/h1-6,8-9,16,23H,7H2,(H,21,22)(H,24,25)(H,26,27). The second-order valence-corrected chi connectivity index (χ2v) is 6.85. The number of carboxylic acid groups (broad SMARTS) is 2. The van der Waals surface area contributed by atoms with Crippen LogP contribution in [-0.2, 0) is 11.2 Å². The molecule has 0 radical (unpaired) electrons. The van der Waals surface area contributed by atoms with Gasteiger partial charge < -0.3 is 20.6 Å². The Morgan fingerprint density at radius 1 is 1.07 bits per heavy atom. The van der Waals surface area contributed by atoms with Gasteiger partial charge in [-0.05, 0) is 42.0 Å². The molecule has 0 saturated carbocycles. The maximum Gasteiger partial charge on any atom is 0.339 e. The van der Waals surface area contributed by atoms with Gasteiger partial charge in [-0.15, -0.1) is 0 Å². The molecule has 1 heterocycles. The molecule has 1 unspecified atom stereocenters. The highest BCUT2D eigenvalue weighted by atomic mass is 79.9. The first-order chi connectivity index (χ1) is 12.8. The zero-order valence-corrected chi connectivity index (χ0v) is 15.5. The second-order valence-electron chi connectivity index (χ2n) is 5.93. The van der Waals surface area contributed by atoms with E-state index in [0.29, 0.717) is 16.5 Å². The van der Waals surface area contributed by atoms with E-state index in [2.05, 4.69) is 26.2 Å². The Labute approximate surface area is 162 Å². The number of carbonyl (C=O) groups is 2. The number of benzene rings is 2. The summed E-state index contributed by atoms with van der Waals surface area (Å²) in [6.07, 6.45) is 0.0920. The van der Waals surface area contributed by atoms with Gasteiger partial charge in [0.25, 0.3) is 0 Å². The normalized spacial score (nSPS) is 11.9. The van der Waals surface area contributed by atoms with Gasteiger partial charge in [-0.25, -0.2) is 14.6 Å². The Kier molecular flexibility index (Phi) is 5.27. The molecule has 1 atom stereocenters. The minimum Gasteiger partial charge on any atom is -0.508 e. The number of pyridine rings is 1. The van der Waals surface area contributed by atoms with Gasteiger partial charge in [-0.2, -0.15) is 0 Å². The largest absolute Gasteiger partial charge is 0.508 e. The third-order valence-electron chi connectivity index (χ3n) is 3.99. The summed E-state index contributed by atoms with van der Waals surface area (Å²) >= 11 is 3.33. The summed E-state index contributed by atoms with van der Waals surface area (Å²) in [6.45, 7) is 0. The van der Waals surface area contributed by atoms with Gasteiger partial charge in [-0.1, -0.05) is 28.1 Å². The van der Waals surface area contributed by atoms with Gasteiger partial charge in [0, 0.05) is 16.3 Å². The average Bonchev–Trinajstić information content (AvgIpc) is 2.62. The Morgan fingerprint density at radius 3 is 2.41 bits per heavy atom. The molecule has 7 nitrogen and oxygen atoms in total. The van der Waals surface area contributed by atoms with Crippen molar-refractivity contribution in [2.75, 3.05) is 5.32 Å². The molecule has 1 aromatic heterocycles.